The van der Waals surface area contributed by atoms with Gasteiger partial charge in [-0.3, -0.25) is 9.59 Å². The van der Waals surface area contributed by atoms with Gasteiger partial charge in [0.2, 0.25) is 5.75 Å². The largest absolute Gasteiger partial charge is 0.493 e. The smallest absolute Gasteiger partial charge is 0.259 e. The molecule has 0 saturated heterocycles. The first-order valence-corrected chi connectivity index (χ1v) is 9.35. The van der Waals surface area contributed by atoms with Crippen LogP contribution in [0.25, 0.3) is 0 Å². The van der Waals surface area contributed by atoms with Crippen LogP contribution in [0.3, 0.4) is 0 Å². The second-order valence-electron chi connectivity index (χ2n) is 6.29. The third-order valence-corrected chi connectivity index (χ3v) is 4.31. The monoisotopic (exact) mass is 429 g/mol. The van der Waals surface area contributed by atoms with Crippen LogP contribution in [0.5, 0.6) is 28.7 Å². The molecule has 10 nitrogen and oxygen atoms in total. The van der Waals surface area contributed by atoms with E-state index >= 15 is 0 Å². The molecule has 0 unspecified atom stereocenters. The van der Waals surface area contributed by atoms with Gasteiger partial charge in [0.15, 0.2) is 23.0 Å². The molecular formula is C21H23N3O7. The van der Waals surface area contributed by atoms with Gasteiger partial charge in [0.1, 0.15) is 13.2 Å². The number of rotatable bonds is 8. The number of amides is 2. The molecule has 0 aromatic heterocycles. The molecule has 2 aromatic carbocycles. The van der Waals surface area contributed by atoms with Crippen LogP contribution in [-0.4, -0.2) is 59.1 Å². The Morgan fingerprint density at radius 1 is 1.00 bits per heavy atom. The Morgan fingerprint density at radius 2 is 1.68 bits per heavy atom. The summed E-state index contributed by atoms with van der Waals surface area (Å²) < 4.78 is 26.6. The highest BCUT2D eigenvalue weighted by Crippen LogP contribution is 2.38. The van der Waals surface area contributed by atoms with Gasteiger partial charge in [-0.2, -0.15) is 5.10 Å². The van der Waals surface area contributed by atoms with Crippen molar-refractivity contribution in [1.29, 1.82) is 0 Å². The third-order valence-electron chi connectivity index (χ3n) is 4.31. The second-order valence-corrected chi connectivity index (χ2v) is 6.29. The van der Waals surface area contributed by atoms with Gasteiger partial charge in [0.25, 0.3) is 11.8 Å². The maximum atomic E-state index is 12.4. The molecule has 0 atom stereocenters. The molecule has 0 saturated carbocycles. The molecular weight excluding hydrogens is 406 g/mol. The number of fused-ring (bicyclic) bond motifs is 1. The summed E-state index contributed by atoms with van der Waals surface area (Å²) in [5.74, 6) is 1.36. The van der Waals surface area contributed by atoms with Crippen molar-refractivity contribution in [2.24, 2.45) is 5.10 Å². The van der Waals surface area contributed by atoms with E-state index in [1.54, 1.807) is 18.2 Å². The number of ether oxygens (including phenoxy) is 5. The molecule has 10 heteroatoms. The zero-order chi connectivity index (χ0) is 22.2. The van der Waals surface area contributed by atoms with Gasteiger partial charge in [-0.25, -0.2) is 5.43 Å². The van der Waals surface area contributed by atoms with Crippen molar-refractivity contribution in [3.05, 3.63) is 41.5 Å². The quantitative estimate of drug-likeness (QED) is 0.481. The lowest BCUT2D eigenvalue weighted by Crippen LogP contribution is -2.34. The molecule has 2 N–H and O–H groups in total. The first-order valence-electron chi connectivity index (χ1n) is 9.35. The first-order chi connectivity index (χ1) is 15.0. The minimum atomic E-state index is -0.491. The van der Waals surface area contributed by atoms with E-state index in [2.05, 4.69) is 15.8 Å². The fraction of sp³-hybridized carbons (Fsp3) is 0.286. The highest BCUT2D eigenvalue weighted by atomic mass is 16.6. The number of benzene rings is 2. The molecule has 1 aliphatic heterocycles. The highest BCUT2D eigenvalue weighted by molar-refractivity contribution is 5.97. The molecule has 31 heavy (non-hydrogen) atoms. The average Bonchev–Trinajstić information content (AvgIpc) is 2.81. The van der Waals surface area contributed by atoms with E-state index in [-0.39, 0.29) is 12.1 Å². The van der Waals surface area contributed by atoms with Crippen LogP contribution < -0.4 is 34.4 Å². The lowest BCUT2D eigenvalue weighted by atomic mass is 10.1. The van der Waals surface area contributed by atoms with Gasteiger partial charge in [0.05, 0.1) is 34.1 Å². The van der Waals surface area contributed by atoms with Gasteiger partial charge >= 0.3 is 0 Å². The van der Waals surface area contributed by atoms with Gasteiger partial charge < -0.3 is 29.0 Å². The molecule has 1 heterocycles. The number of carbonyl (C=O) groups is 2. The minimum absolute atomic E-state index is 0.252. The van der Waals surface area contributed by atoms with E-state index in [4.69, 9.17) is 23.7 Å². The van der Waals surface area contributed by atoms with Crippen molar-refractivity contribution < 1.29 is 33.3 Å². The third kappa shape index (κ3) is 5.35. The predicted molar refractivity (Wildman–Crippen MR) is 112 cm³/mol. The molecule has 0 fully saturated rings. The lowest BCUT2D eigenvalue weighted by Gasteiger charge is -2.18. The fourth-order valence-electron chi connectivity index (χ4n) is 2.83. The summed E-state index contributed by atoms with van der Waals surface area (Å²) in [5, 5.41) is 6.40. The van der Waals surface area contributed by atoms with Crippen LogP contribution in [0.1, 0.15) is 15.9 Å². The topological polar surface area (TPSA) is 117 Å². The number of carbonyl (C=O) groups excluding carboxylic acids is 2. The van der Waals surface area contributed by atoms with Gasteiger partial charge in [-0.05, 0) is 35.9 Å². The first kappa shape index (κ1) is 21.8. The van der Waals surface area contributed by atoms with Crippen molar-refractivity contribution in [3.8, 4) is 28.7 Å². The Balaban J connectivity index is 1.55. The number of nitrogens with one attached hydrogen (secondary N) is 2. The molecule has 0 aliphatic carbocycles. The average molecular weight is 429 g/mol. The maximum Gasteiger partial charge on any atom is 0.259 e. The summed E-state index contributed by atoms with van der Waals surface area (Å²) in [7, 11) is 4.37. The van der Waals surface area contributed by atoms with Crippen molar-refractivity contribution >= 4 is 18.0 Å². The van der Waals surface area contributed by atoms with Crippen LogP contribution in [0, 0.1) is 0 Å². The molecule has 3 rings (SSSR count). The van der Waals surface area contributed by atoms with E-state index < -0.39 is 11.8 Å². The summed E-state index contributed by atoms with van der Waals surface area (Å²) in [6, 6.07) is 8.31. The summed E-state index contributed by atoms with van der Waals surface area (Å²) in [6.07, 6.45) is 1.47. The Kier molecular flexibility index (Phi) is 7.15. The zero-order valence-electron chi connectivity index (χ0n) is 17.4. The van der Waals surface area contributed by atoms with Crippen LogP contribution in [-0.2, 0) is 4.79 Å². The minimum Gasteiger partial charge on any atom is -0.493 e. The Bertz CT molecular complexity index is 966. The van der Waals surface area contributed by atoms with Gasteiger partial charge in [-0.1, -0.05) is 0 Å². The van der Waals surface area contributed by atoms with Crippen LogP contribution >= 0.6 is 0 Å². The Labute approximate surface area is 179 Å². The highest BCUT2D eigenvalue weighted by Gasteiger charge is 2.17. The number of hydrazone groups is 1. The molecule has 0 spiro atoms. The van der Waals surface area contributed by atoms with E-state index in [0.29, 0.717) is 42.0 Å². The van der Waals surface area contributed by atoms with Crippen LogP contribution in [0.4, 0.5) is 0 Å². The van der Waals surface area contributed by atoms with Crippen molar-refractivity contribution in [1.82, 2.24) is 10.7 Å². The maximum absolute atomic E-state index is 12.4. The van der Waals surface area contributed by atoms with E-state index in [9.17, 15) is 9.59 Å². The summed E-state index contributed by atoms with van der Waals surface area (Å²) in [4.78, 5) is 24.4. The molecule has 0 bridgehead atoms. The number of nitrogens with zero attached hydrogens (tertiary/aromatic N) is 1. The molecule has 0 radical (unpaired) electrons. The van der Waals surface area contributed by atoms with Crippen molar-refractivity contribution in [2.75, 3.05) is 41.1 Å². The molecule has 1 aliphatic rings. The predicted octanol–water partition coefficient (Wildman–Crippen LogP) is 1.36. The molecule has 164 valence electrons. The fourth-order valence-corrected chi connectivity index (χ4v) is 2.83. The standard InChI is InChI=1S/C21H23N3O7/c1-27-17-9-14(10-18(28-2)20(17)29-3)21(26)22-12-19(25)24-23-11-13-4-5-15-16(8-13)31-7-6-30-15/h4-5,8-11H,6-7,12H2,1-3H3,(H,22,26)(H,24,25)/b23-11+. The van der Waals surface area contributed by atoms with Crippen molar-refractivity contribution in [2.45, 2.75) is 0 Å². The van der Waals surface area contributed by atoms with Crippen LogP contribution in [0.2, 0.25) is 0 Å². The van der Waals surface area contributed by atoms with E-state index in [1.807, 2.05) is 0 Å². The number of hydrogen-bond acceptors (Lipinski definition) is 8. The summed E-state index contributed by atoms with van der Waals surface area (Å²) in [5.41, 5.74) is 3.34. The van der Waals surface area contributed by atoms with Crippen LogP contribution in [0.15, 0.2) is 35.4 Å². The lowest BCUT2D eigenvalue weighted by molar-refractivity contribution is -0.120. The SMILES string of the molecule is COc1cc(C(=O)NCC(=O)N/N=C/c2ccc3c(c2)OCCO3)cc(OC)c1OC. The summed E-state index contributed by atoms with van der Waals surface area (Å²) in [6.45, 7) is 0.724. The Hall–Kier alpha value is -3.95. The zero-order valence-corrected chi connectivity index (χ0v) is 17.4. The normalized spacial score (nSPS) is 12.2. The van der Waals surface area contributed by atoms with Crippen molar-refractivity contribution in [3.63, 3.8) is 0 Å². The summed E-state index contributed by atoms with van der Waals surface area (Å²) >= 11 is 0. The molecule has 2 aromatic rings. The number of hydrogen-bond donors (Lipinski definition) is 2. The van der Waals surface area contributed by atoms with Gasteiger partial charge in [-0.15, -0.1) is 0 Å². The van der Waals surface area contributed by atoms with E-state index in [1.165, 1.54) is 39.7 Å². The van der Waals surface area contributed by atoms with E-state index in [0.717, 1.165) is 5.56 Å². The van der Waals surface area contributed by atoms with Gasteiger partial charge in [0, 0.05) is 5.56 Å². The molecule has 2 amide bonds. The number of methoxy groups -OCH3 is 3. The Morgan fingerprint density at radius 3 is 2.32 bits per heavy atom. The second kappa shape index (κ2) is 10.2.